The minimum atomic E-state index is -3.94. The predicted octanol–water partition coefficient (Wildman–Crippen LogP) is 5.40. The van der Waals surface area contributed by atoms with E-state index in [1.807, 2.05) is 13.8 Å². The summed E-state index contributed by atoms with van der Waals surface area (Å²) in [5.41, 5.74) is 0.593. The number of amides is 2. The Morgan fingerprint density at radius 1 is 0.971 bits per heavy atom. The van der Waals surface area contributed by atoms with Gasteiger partial charge in [0, 0.05) is 27.7 Å². The lowest BCUT2D eigenvalue weighted by atomic mass is 10.1. The van der Waals surface area contributed by atoms with Crippen LogP contribution in [-0.4, -0.2) is 50.0 Å². The molecule has 0 bridgehead atoms. The molecule has 0 aliphatic rings. The van der Waals surface area contributed by atoms with Crippen molar-refractivity contribution < 1.29 is 18.0 Å². The highest BCUT2D eigenvalue weighted by molar-refractivity contribution is 7.92. The molecule has 0 aliphatic carbocycles. The Morgan fingerprint density at radius 2 is 1.57 bits per heavy atom. The van der Waals surface area contributed by atoms with Gasteiger partial charge in [-0.25, -0.2) is 8.42 Å². The fraction of sp³-hybridized carbons (Fsp3) is 0.391. The zero-order valence-corrected chi connectivity index (χ0v) is 23.5. The van der Waals surface area contributed by atoms with Gasteiger partial charge < -0.3 is 10.2 Å². The van der Waals surface area contributed by atoms with Crippen molar-refractivity contribution in [3.63, 3.8) is 0 Å². The Morgan fingerprint density at radius 3 is 2.14 bits per heavy atom. The van der Waals surface area contributed by atoms with Gasteiger partial charge in [0.05, 0.1) is 17.0 Å². The van der Waals surface area contributed by atoms with E-state index in [0.29, 0.717) is 22.0 Å². The summed E-state index contributed by atoms with van der Waals surface area (Å²) < 4.78 is 26.1. The zero-order valence-electron chi connectivity index (χ0n) is 19.7. The number of carbonyl (C=O) groups excluding carboxylic acids is 2. The Bertz CT molecular complexity index is 1190. The number of sulfonamides is 1. The van der Waals surface area contributed by atoms with E-state index in [1.54, 1.807) is 19.1 Å². The average molecular weight is 583 g/mol. The number of anilines is 1. The number of nitrogens with one attached hydrogen (secondary N) is 1. The van der Waals surface area contributed by atoms with Gasteiger partial charge in [0.25, 0.3) is 0 Å². The first kappa shape index (κ1) is 29.5. The third-order valence-electron chi connectivity index (χ3n) is 5.38. The molecule has 0 fully saturated rings. The monoisotopic (exact) mass is 581 g/mol. The molecule has 2 aromatic rings. The highest BCUT2D eigenvalue weighted by Crippen LogP contribution is 2.31. The van der Waals surface area contributed by atoms with E-state index in [1.165, 1.54) is 29.2 Å². The molecule has 7 nitrogen and oxygen atoms in total. The first-order valence-corrected chi connectivity index (χ1v) is 14.1. The van der Waals surface area contributed by atoms with E-state index in [4.69, 9.17) is 46.4 Å². The van der Waals surface area contributed by atoms with Crippen LogP contribution in [0.1, 0.15) is 32.8 Å². The largest absolute Gasteiger partial charge is 0.352 e. The van der Waals surface area contributed by atoms with E-state index in [0.717, 1.165) is 10.6 Å². The summed E-state index contributed by atoms with van der Waals surface area (Å²) in [6.07, 6.45) is 1.65. The second-order valence-corrected chi connectivity index (χ2v) is 11.7. The second kappa shape index (κ2) is 12.5. The number of halogens is 4. The molecule has 1 N–H and O–H groups in total. The Hall–Kier alpha value is -1.71. The molecule has 0 spiro atoms. The van der Waals surface area contributed by atoms with Crippen LogP contribution in [0.3, 0.4) is 0 Å². The minimum Gasteiger partial charge on any atom is -0.352 e. The molecule has 0 saturated carbocycles. The van der Waals surface area contributed by atoms with Crippen LogP contribution in [-0.2, 0) is 26.2 Å². The Kier molecular flexibility index (Phi) is 10.5. The third-order valence-corrected chi connectivity index (χ3v) is 7.65. The van der Waals surface area contributed by atoms with Crippen molar-refractivity contribution in [3.05, 3.63) is 62.1 Å². The van der Waals surface area contributed by atoms with Crippen molar-refractivity contribution in [2.24, 2.45) is 0 Å². The maximum Gasteiger partial charge on any atom is 0.244 e. The lowest BCUT2D eigenvalue weighted by molar-refractivity contribution is -0.139. The Balaban J connectivity index is 2.47. The molecule has 0 unspecified atom stereocenters. The van der Waals surface area contributed by atoms with Crippen LogP contribution in [0, 0.1) is 0 Å². The first-order valence-electron chi connectivity index (χ1n) is 10.7. The van der Waals surface area contributed by atoms with E-state index in [-0.39, 0.29) is 34.2 Å². The molecule has 35 heavy (non-hydrogen) atoms. The third kappa shape index (κ3) is 8.15. The molecule has 2 rings (SSSR count). The summed E-state index contributed by atoms with van der Waals surface area (Å²) in [4.78, 5) is 27.7. The highest BCUT2D eigenvalue weighted by atomic mass is 35.5. The molecule has 2 amide bonds. The smallest absolute Gasteiger partial charge is 0.244 e. The summed E-state index contributed by atoms with van der Waals surface area (Å²) in [6.45, 7) is 4.68. The molecule has 0 aromatic heterocycles. The van der Waals surface area contributed by atoms with Gasteiger partial charge >= 0.3 is 0 Å². The van der Waals surface area contributed by atoms with E-state index in [2.05, 4.69) is 5.32 Å². The maximum atomic E-state index is 13.5. The quantitative estimate of drug-likeness (QED) is 0.406. The van der Waals surface area contributed by atoms with E-state index < -0.39 is 28.5 Å². The van der Waals surface area contributed by atoms with E-state index in [9.17, 15) is 18.0 Å². The molecular formula is C23H27Cl4N3O4S. The van der Waals surface area contributed by atoms with Crippen molar-refractivity contribution in [1.82, 2.24) is 10.2 Å². The number of hydrogen-bond donors (Lipinski definition) is 1. The molecule has 192 valence electrons. The van der Waals surface area contributed by atoms with Crippen molar-refractivity contribution >= 4 is 73.9 Å². The molecule has 2 atom stereocenters. The summed E-state index contributed by atoms with van der Waals surface area (Å²) in [5, 5.41) is 3.92. The van der Waals surface area contributed by atoms with Crippen LogP contribution in [0.4, 0.5) is 5.69 Å². The standard InChI is InChI=1S/C23H27Cl4N3O4S/c1-5-14(2)28-23(32)15(3)29(12-16-6-7-17(24)10-20(16)27)22(31)13-30(35(4,33)34)21-11-18(25)8-9-19(21)26/h6-11,14-15H,5,12-13H2,1-4H3,(H,28,32)/t14-,15+/m0/s1. The van der Waals surface area contributed by atoms with Crippen LogP contribution in [0.5, 0.6) is 0 Å². The average Bonchev–Trinajstić information content (AvgIpc) is 2.77. The number of rotatable bonds is 10. The van der Waals surface area contributed by atoms with Crippen molar-refractivity contribution in [1.29, 1.82) is 0 Å². The van der Waals surface area contributed by atoms with E-state index >= 15 is 0 Å². The van der Waals surface area contributed by atoms with Gasteiger partial charge in [-0.2, -0.15) is 0 Å². The topological polar surface area (TPSA) is 86.8 Å². The SMILES string of the molecule is CC[C@H](C)NC(=O)[C@@H](C)N(Cc1ccc(Cl)cc1Cl)C(=O)CN(c1cc(Cl)ccc1Cl)S(C)(=O)=O. The molecule has 0 saturated heterocycles. The van der Waals surface area contributed by atoms with Crippen molar-refractivity contribution in [3.8, 4) is 0 Å². The fourth-order valence-corrected chi connectivity index (χ4v) is 4.91. The number of nitrogens with zero attached hydrogens (tertiary/aromatic N) is 2. The van der Waals surface area contributed by atoms with Crippen LogP contribution in [0.2, 0.25) is 20.1 Å². The number of hydrogen-bond acceptors (Lipinski definition) is 4. The van der Waals surface area contributed by atoms with Crippen molar-refractivity contribution in [2.75, 3.05) is 17.1 Å². The molecule has 0 aliphatic heterocycles. The van der Waals surface area contributed by atoms with Gasteiger partial charge in [0.15, 0.2) is 0 Å². The predicted molar refractivity (Wildman–Crippen MR) is 143 cm³/mol. The lowest BCUT2D eigenvalue weighted by Crippen LogP contribution is -2.52. The number of carbonyl (C=O) groups is 2. The molecule has 0 radical (unpaired) electrons. The fourth-order valence-electron chi connectivity index (χ4n) is 3.15. The zero-order chi connectivity index (χ0) is 26.5. The van der Waals surface area contributed by atoms with Gasteiger partial charge in [-0.1, -0.05) is 59.4 Å². The van der Waals surface area contributed by atoms with Gasteiger partial charge in [-0.15, -0.1) is 0 Å². The van der Waals surface area contributed by atoms with Gasteiger partial charge in [-0.05, 0) is 56.2 Å². The first-order chi connectivity index (χ1) is 16.2. The van der Waals surface area contributed by atoms with Crippen LogP contribution in [0.25, 0.3) is 0 Å². The van der Waals surface area contributed by atoms with Crippen LogP contribution in [0.15, 0.2) is 36.4 Å². The molecular weight excluding hydrogens is 556 g/mol. The van der Waals surface area contributed by atoms with Crippen LogP contribution >= 0.6 is 46.4 Å². The summed E-state index contributed by atoms with van der Waals surface area (Å²) in [7, 11) is -3.94. The number of benzene rings is 2. The summed E-state index contributed by atoms with van der Waals surface area (Å²) in [6, 6.07) is 8.05. The molecule has 0 heterocycles. The lowest BCUT2D eigenvalue weighted by Gasteiger charge is -2.32. The minimum absolute atomic E-state index is 0.0508. The normalized spacial score (nSPS) is 13.1. The highest BCUT2D eigenvalue weighted by Gasteiger charge is 2.31. The van der Waals surface area contributed by atoms with Gasteiger partial charge in [0.1, 0.15) is 12.6 Å². The van der Waals surface area contributed by atoms with Gasteiger partial charge in [0.2, 0.25) is 21.8 Å². The second-order valence-electron chi connectivity index (χ2n) is 8.12. The molecule has 2 aromatic carbocycles. The molecule has 12 heteroatoms. The summed E-state index contributed by atoms with van der Waals surface area (Å²) in [5.74, 6) is -1.02. The summed E-state index contributed by atoms with van der Waals surface area (Å²) >= 11 is 24.6. The van der Waals surface area contributed by atoms with Gasteiger partial charge in [-0.3, -0.25) is 13.9 Å². The maximum absolute atomic E-state index is 13.5. The Labute approximate surface area is 226 Å². The van der Waals surface area contributed by atoms with Crippen molar-refractivity contribution in [2.45, 2.75) is 45.8 Å². The van der Waals surface area contributed by atoms with Crippen LogP contribution < -0.4 is 9.62 Å².